The van der Waals surface area contributed by atoms with Crippen LogP contribution in [0, 0.1) is 23.7 Å². The number of rotatable bonds is 25. The van der Waals surface area contributed by atoms with Crippen molar-refractivity contribution in [3.63, 3.8) is 0 Å². The summed E-state index contributed by atoms with van der Waals surface area (Å²) in [6.45, 7) is 19.6. The molecule has 10 atom stereocenters. The first-order valence-electron chi connectivity index (χ1n) is 22.5. The fraction of sp³-hybridized carbons (Fsp3) is 0.761. The van der Waals surface area contributed by atoms with Crippen molar-refractivity contribution in [2.24, 2.45) is 23.7 Å². The number of nitrogens with zero attached hydrogens (tertiary/aromatic N) is 3. The molecule has 0 radical (unpaired) electrons. The van der Waals surface area contributed by atoms with Gasteiger partial charge in [0.25, 0.3) is 0 Å². The Morgan fingerprint density at radius 2 is 1.53 bits per heavy atom. The molecule has 354 valence electrons. The lowest BCUT2D eigenvalue weighted by Gasteiger charge is -2.41. The molecule has 3 N–H and O–H groups in total. The Bertz CT molecular complexity index is 1550. The second-order valence-electron chi connectivity index (χ2n) is 18.7. The lowest BCUT2D eigenvalue weighted by molar-refractivity contribution is -0.148. The van der Waals surface area contributed by atoms with Gasteiger partial charge < -0.3 is 44.2 Å². The number of hydrogen-bond acceptors (Lipinski definition) is 11. The van der Waals surface area contributed by atoms with Gasteiger partial charge in [0.05, 0.1) is 55.3 Å². The summed E-state index contributed by atoms with van der Waals surface area (Å²) in [5.41, 5.74) is 0.675. The first-order chi connectivity index (χ1) is 29.0. The molecule has 1 aromatic carbocycles. The van der Waals surface area contributed by atoms with E-state index in [0.717, 1.165) is 12.8 Å². The van der Waals surface area contributed by atoms with E-state index in [4.69, 9.17) is 18.9 Å². The summed E-state index contributed by atoms with van der Waals surface area (Å²) in [5, 5.41) is 6.07. The summed E-state index contributed by atoms with van der Waals surface area (Å²) in [6.07, 6.45) is -0.468. The van der Waals surface area contributed by atoms with Gasteiger partial charge in [-0.05, 0) is 82.7 Å². The third-order valence-electron chi connectivity index (χ3n) is 12.3. The quantitative estimate of drug-likeness (QED) is 0.0632. The highest BCUT2D eigenvalue weighted by atomic mass is 28.4. The molecule has 2 rings (SSSR count). The number of nitrogens with one attached hydrogen (secondary N) is 2. The maximum absolute atomic E-state index is 14.4. The lowest BCUT2D eigenvalue weighted by Crippen LogP contribution is -2.59. The summed E-state index contributed by atoms with van der Waals surface area (Å²) in [6, 6.07) is 6.95. The van der Waals surface area contributed by atoms with Crippen LogP contribution in [0.15, 0.2) is 30.3 Å². The van der Waals surface area contributed by atoms with Gasteiger partial charge in [0.15, 0.2) is 14.4 Å². The predicted molar refractivity (Wildman–Crippen MR) is 244 cm³/mol. The molecule has 62 heavy (non-hydrogen) atoms. The topological polar surface area (TPSA) is 176 Å². The van der Waals surface area contributed by atoms with Crippen LogP contribution >= 0.6 is 0 Å². The second-order valence-corrected chi connectivity index (χ2v) is 22.9. The Morgan fingerprint density at radius 3 is 2.05 bits per heavy atom. The SMILES string of the molecule is CC[C@H](C)[C@@H]([C@@H](CC(=O)N1CCC[C@H]1[C@@H](OC)[C@@H](C)C(=O)N[C@H](C)[C@@H](OC(=O)OCCC[Si](C)(C)O)c1ccccc1)OC)N(C)C(=O)[C@@H](NC(=O)[C@H](C(C)C)N(C)C)C(C)C. The molecular formula is C46H81N5O10Si. The number of ether oxygens (including phenoxy) is 4. The summed E-state index contributed by atoms with van der Waals surface area (Å²) in [5.74, 6) is -1.88. The van der Waals surface area contributed by atoms with Gasteiger partial charge in [-0.25, -0.2) is 4.79 Å². The van der Waals surface area contributed by atoms with Crippen molar-refractivity contribution in [1.82, 2.24) is 25.3 Å². The van der Waals surface area contributed by atoms with Crippen LogP contribution in [0.3, 0.4) is 0 Å². The summed E-state index contributed by atoms with van der Waals surface area (Å²) >= 11 is 0. The number of likely N-dealkylation sites (N-methyl/N-ethyl adjacent to an activating group) is 2. The van der Waals surface area contributed by atoms with Gasteiger partial charge in [0.2, 0.25) is 23.6 Å². The largest absolute Gasteiger partial charge is 0.508 e. The van der Waals surface area contributed by atoms with Crippen LogP contribution in [-0.2, 0) is 38.1 Å². The normalized spacial score (nSPS) is 18.9. The molecular weight excluding hydrogens is 811 g/mol. The molecule has 1 aliphatic rings. The summed E-state index contributed by atoms with van der Waals surface area (Å²) < 4.78 is 23.2. The number of hydrogen-bond donors (Lipinski definition) is 3. The Balaban J connectivity index is 2.26. The lowest BCUT2D eigenvalue weighted by atomic mass is 9.89. The molecule has 0 bridgehead atoms. The number of methoxy groups -OCH3 is 2. The van der Waals surface area contributed by atoms with Crippen molar-refractivity contribution >= 4 is 38.1 Å². The molecule has 1 saturated heterocycles. The number of likely N-dealkylation sites (tertiary alicyclic amines) is 1. The molecule has 1 heterocycles. The van der Waals surface area contributed by atoms with Crippen molar-refractivity contribution in [2.45, 2.75) is 155 Å². The van der Waals surface area contributed by atoms with Crippen LogP contribution in [0.25, 0.3) is 0 Å². The average Bonchev–Trinajstić information content (AvgIpc) is 3.69. The highest BCUT2D eigenvalue weighted by molar-refractivity contribution is 6.69. The third kappa shape index (κ3) is 15.9. The van der Waals surface area contributed by atoms with Gasteiger partial charge in [-0.15, -0.1) is 0 Å². The van der Waals surface area contributed by atoms with Crippen LogP contribution in [0.4, 0.5) is 4.79 Å². The van der Waals surface area contributed by atoms with E-state index < -0.39 is 68.9 Å². The van der Waals surface area contributed by atoms with E-state index in [1.807, 2.05) is 104 Å². The first kappa shape index (κ1) is 54.6. The van der Waals surface area contributed by atoms with Crippen molar-refractivity contribution in [2.75, 3.05) is 48.5 Å². The molecule has 1 aromatic rings. The van der Waals surface area contributed by atoms with E-state index in [1.54, 1.807) is 37.8 Å². The fourth-order valence-corrected chi connectivity index (χ4v) is 9.75. The zero-order valence-corrected chi connectivity index (χ0v) is 41.4. The van der Waals surface area contributed by atoms with E-state index in [-0.39, 0.29) is 54.4 Å². The number of carbonyl (C=O) groups is 5. The molecule has 15 nitrogen and oxygen atoms in total. The molecule has 0 spiro atoms. The van der Waals surface area contributed by atoms with E-state index in [0.29, 0.717) is 31.0 Å². The van der Waals surface area contributed by atoms with Gasteiger partial charge >= 0.3 is 6.16 Å². The highest BCUT2D eigenvalue weighted by Gasteiger charge is 2.43. The Morgan fingerprint density at radius 1 is 0.903 bits per heavy atom. The van der Waals surface area contributed by atoms with Crippen molar-refractivity contribution in [1.29, 1.82) is 0 Å². The number of benzene rings is 1. The zero-order valence-electron chi connectivity index (χ0n) is 40.4. The van der Waals surface area contributed by atoms with Crippen molar-refractivity contribution < 1.29 is 47.7 Å². The Hall–Kier alpha value is -3.57. The van der Waals surface area contributed by atoms with Gasteiger partial charge in [0, 0.05) is 27.8 Å². The number of amides is 4. The molecule has 1 fully saturated rings. The molecule has 0 unspecified atom stereocenters. The van der Waals surface area contributed by atoms with Gasteiger partial charge in [0.1, 0.15) is 6.04 Å². The van der Waals surface area contributed by atoms with Crippen LogP contribution < -0.4 is 10.6 Å². The minimum absolute atomic E-state index is 0.00563. The van der Waals surface area contributed by atoms with E-state index in [1.165, 1.54) is 7.11 Å². The van der Waals surface area contributed by atoms with Crippen LogP contribution in [0.2, 0.25) is 19.1 Å². The maximum Gasteiger partial charge on any atom is 0.508 e. The van der Waals surface area contributed by atoms with Crippen molar-refractivity contribution in [3.05, 3.63) is 35.9 Å². The standard InChI is InChI=1S/C46H81N5O10Si/c1-16-31(6)40(50(11)45(55)38(29(2)3)48-44(54)39(30(4)5)49(9)10)36(58-12)28-37(52)51-25-20-24-35(51)41(59-13)32(7)43(53)47-33(8)42(34-22-18-17-19-23-34)61-46(56)60-26-21-27-62(14,15)57/h17-19,22-23,29-33,35-36,38-42,57H,16,20-21,24-28H2,1-15H3,(H,47,53)(H,48,54)/t31-,32+,33+,35-,36+,38-,39-,40-,41-,42+/m0/s1. The molecule has 1 aliphatic heterocycles. The van der Waals surface area contributed by atoms with Gasteiger partial charge in [-0.3, -0.25) is 24.1 Å². The molecule has 4 amide bonds. The fourth-order valence-electron chi connectivity index (χ4n) is 8.74. The smallest absolute Gasteiger partial charge is 0.434 e. The second kappa shape index (κ2) is 25.7. The Kier molecular flexibility index (Phi) is 22.6. The van der Waals surface area contributed by atoms with E-state index in [2.05, 4.69) is 10.6 Å². The average molecular weight is 892 g/mol. The predicted octanol–water partition coefficient (Wildman–Crippen LogP) is 5.62. The van der Waals surface area contributed by atoms with E-state index >= 15 is 0 Å². The summed E-state index contributed by atoms with van der Waals surface area (Å²) in [7, 11) is 6.23. The number of carbonyl (C=O) groups excluding carboxylic acids is 5. The highest BCUT2D eigenvalue weighted by Crippen LogP contribution is 2.30. The summed E-state index contributed by atoms with van der Waals surface area (Å²) in [4.78, 5) is 84.4. The third-order valence-corrected chi connectivity index (χ3v) is 13.9. The van der Waals surface area contributed by atoms with Crippen LogP contribution in [-0.4, -0.2) is 149 Å². The molecule has 0 saturated carbocycles. The van der Waals surface area contributed by atoms with Crippen molar-refractivity contribution in [3.8, 4) is 0 Å². The van der Waals surface area contributed by atoms with Crippen LogP contribution in [0.5, 0.6) is 0 Å². The molecule has 16 heteroatoms. The monoisotopic (exact) mass is 892 g/mol. The Labute approximate surface area is 373 Å². The molecule has 0 aromatic heterocycles. The minimum atomic E-state index is -2.28. The van der Waals surface area contributed by atoms with Gasteiger partial charge in [-0.1, -0.05) is 85.2 Å². The van der Waals surface area contributed by atoms with Gasteiger partial charge in [-0.2, -0.15) is 0 Å². The van der Waals surface area contributed by atoms with Crippen LogP contribution in [0.1, 0.15) is 99.2 Å². The maximum atomic E-state index is 14.4. The first-order valence-corrected chi connectivity index (χ1v) is 25.7. The minimum Gasteiger partial charge on any atom is -0.434 e. The molecule has 0 aliphatic carbocycles. The van der Waals surface area contributed by atoms with E-state index in [9.17, 15) is 28.8 Å². The zero-order chi connectivity index (χ0) is 47.1.